The van der Waals surface area contributed by atoms with Crippen molar-refractivity contribution in [3.05, 3.63) is 60.2 Å². The molecule has 0 aromatic heterocycles. The monoisotopic (exact) mass is 512 g/mol. The Morgan fingerprint density at radius 3 is 2.38 bits per heavy atom. The first kappa shape index (κ1) is 25.0. The van der Waals surface area contributed by atoms with E-state index in [1.165, 1.54) is 0 Å². The highest BCUT2D eigenvalue weighted by Crippen LogP contribution is 2.14. The molecule has 0 aliphatic heterocycles. The van der Waals surface area contributed by atoms with Crippen LogP contribution in [0.2, 0.25) is 0 Å². The number of nitrogens with one attached hydrogen (secondary N) is 2. The molecule has 0 atom stereocenters. The number of nitrogens with zero attached hydrogens (tertiary/aromatic N) is 2. The van der Waals surface area contributed by atoms with Crippen molar-refractivity contribution in [3.63, 3.8) is 0 Å². The third-order valence-electron chi connectivity index (χ3n) is 3.88. The minimum atomic E-state index is 0. The molecule has 2 aromatic rings. The molecule has 0 fully saturated rings. The van der Waals surface area contributed by atoms with Crippen LogP contribution in [-0.4, -0.2) is 57.8 Å². The average Bonchev–Trinajstić information content (AvgIpc) is 2.70. The summed E-state index contributed by atoms with van der Waals surface area (Å²) in [7, 11) is 4.07. The van der Waals surface area contributed by atoms with Crippen molar-refractivity contribution < 1.29 is 9.47 Å². The predicted molar refractivity (Wildman–Crippen MR) is 131 cm³/mol. The Kier molecular flexibility index (Phi) is 12.9. The Hall–Kier alpha value is -2.00. The van der Waals surface area contributed by atoms with E-state index in [0.717, 1.165) is 36.1 Å². The molecule has 0 unspecified atom stereocenters. The van der Waals surface area contributed by atoms with Crippen LogP contribution in [0.1, 0.15) is 12.5 Å². The molecule has 2 rings (SSSR count). The zero-order valence-corrected chi connectivity index (χ0v) is 19.9. The summed E-state index contributed by atoms with van der Waals surface area (Å²) in [5.41, 5.74) is 1.11. The van der Waals surface area contributed by atoms with Gasteiger partial charge in [-0.25, -0.2) is 4.99 Å². The average molecular weight is 512 g/mol. The number of hydrogen-bond acceptors (Lipinski definition) is 4. The Bertz CT molecular complexity index is 711. The molecule has 7 heteroatoms. The summed E-state index contributed by atoms with van der Waals surface area (Å²) < 4.78 is 11.5. The number of halogens is 1. The fraction of sp³-hybridized carbons (Fsp3) is 0.409. The number of para-hydroxylation sites is 1. The molecule has 2 aromatic carbocycles. The number of ether oxygens (including phenoxy) is 2. The van der Waals surface area contributed by atoms with Crippen molar-refractivity contribution in [2.75, 3.05) is 46.9 Å². The normalized spacial score (nSPS) is 11.0. The second-order valence-corrected chi connectivity index (χ2v) is 6.58. The summed E-state index contributed by atoms with van der Waals surface area (Å²) in [6.45, 7) is 6.25. The van der Waals surface area contributed by atoms with Gasteiger partial charge < -0.3 is 25.0 Å². The van der Waals surface area contributed by atoms with Crippen molar-refractivity contribution in [2.24, 2.45) is 4.99 Å². The highest BCUT2D eigenvalue weighted by molar-refractivity contribution is 14.0. The first-order valence-electron chi connectivity index (χ1n) is 9.74. The molecule has 160 valence electrons. The predicted octanol–water partition coefficient (Wildman–Crippen LogP) is 3.38. The van der Waals surface area contributed by atoms with E-state index in [9.17, 15) is 0 Å². The minimum Gasteiger partial charge on any atom is -0.492 e. The molecule has 0 radical (unpaired) electrons. The summed E-state index contributed by atoms with van der Waals surface area (Å²) in [6.07, 6.45) is 0. The summed E-state index contributed by atoms with van der Waals surface area (Å²) >= 11 is 0. The van der Waals surface area contributed by atoms with Gasteiger partial charge in [-0.15, -0.1) is 24.0 Å². The smallest absolute Gasteiger partial charge is 0.191 e. The molecule has 0 amide bonds. The fourth-order valence-corrected chi connectivity index (χ4v) is 2.45. The molecule has 0 aliphatic rings. The van der Waals surface area contributed by atoms with Crippen LogP contribution in [-0.2, 0) is 6.54 Å². The van der Waals surface area contributed by atoms with Gasteiger partial charge in [-0.1, -0.05) is 30.3 Å². The van der Waals surface area contributed by atoms with Gasteiger partial charge in [0.1, 0.15) is 24.7 Å². The van der Waals surface area contributed by atoms with Crippen molar-refractivity contribution in [3.8, 4) is 11.5 Å². The molecular formula is C22H33IN4O2. The van der Waals surface area contributed by atoms with Gasteiger partial charge in [0.2, 0.25) is 0 Å². The highest BCUT2D eigenvalue weighted by Gasteiger charge is 2.00. The van der Waals surface area contributed by atoms with Gasteiger partial charge in [0.15, 0.2) is 5.96 Å². The Morgan fingerprint density at radius 1 is 0.931 bits per heavy atom. The molecule has 0 aliphatic carbocycles. The molecule has 2 N–H and O–H groups in total. The van der Waals surface area contributed by atoms with Crippen LogP contribution in [0.25, 0.3) is 0 Å². The Labute approximate surface area is 191 Å². The van der Waals surface area contributed by atoms with Crippen LogP contribution in [0.5, 0.6) is 11.5 Å². The highest BCUT2D eigenvalue weighted by atomic mass is 127. The van der Waals surface area contributed by atoms with E-state index in [-0.39, 0.29) is 24.0 Å². The lowest BCUT2D eigenvalue weighted by Gasteiger charge is -2.13. The molecule has 0 spiro atoms. The molecule has 29 heavy (non-hydrogen) atoms. The summed E-state index contributed by atoms with van der Waals surface area (Å²) in [5.74, 6) is 2.53. The number of likely N-dealkylation sites (N-methyl/N-ethyl adjacent to an activating group) is 1. The summed E-state index contributed by atoms with van der Waals surface area (Å²) in [4.78, 5) is 6.75. The zero-order valence-electron chi connectivity index (χ0n) is 17.6. The van der Waals surface area contributed by atoms with Gasteiger partial charge in [0, 0.05) is 13.1 Å². The van der Waals surface area contributed by atoms with E-state index in [1.807, 2.05) is 62.6 Å². The van der Waals surface area contributed by atoms with Gasteiger partial charge in [0.05, 0.1) is 13.1 Å². The molecule has 0 saturated carbocycles. The molecule has 0 heterocycles. The number of hydrogen-bond donors (Lipinski definition) is 2. The van der Waals surface area contributed by atoms with Crippen LogP contribution in [0.3, 0.4) is 0 Å². The second kappa shape index (κ2) is 14.9. The Morgan fingerprint density at radius 2 is 1.66 bits per heavy atom. The number of benzene rings is 2. The lowest BCUT2D eigenvalue weighted by Crippen LogP contribution is -2.39. The maximum absolute atomic E-state index is 5.80. The van der Waals surface area contributed by atoms with Crippen LogP contribution >= 0.6 is 24.0 Å². The zero-order chi connectivity index (χ0) is 20.0. The van der Waals surface area contributed by atoms with Gasteiger partial charge >= 0.3 is 0 Å². The van der Waals surface area contributed by atoms with Gasteiger partial charge in [-0.2, -0.15) is 0 Å². The van der Waals surface area contributed by atoms with Gasteiger partial charge in [0.25, 0.3) is 0 Å². The second-order valence-electron chi connectivity index (χ2n) is 6.58. The lowest BCUT2D eigenvalue weighted by atomic mass is 10.2. The maximum atomic E-state index is 5.80. The SMILES string of the molecule is CCNC(=NCc1cccc(OCCN(C)C)c1)NCCOc1ccccc1.I. The minimum absolute atomic E-state index is 0. The van der Waals surface area contributed by atoms with Crippen LogP contribution in [0.4, 0.5) is 0 Å². The third kappa shape index (κ3) is 10.9. The van der Waals surface area contributed by atoms with E-state index < -0.39 is 0 Å². The van der Waals surface area contributed by atoms with E-state index >= 15 is 0 Å². The van der Waals surface area contributed by atoms with E-state index in [4.69, 9.17) is 9.47 Å². The first-order valence-corrected chi connectivity index (χ1v) is 9.74. The van der Waals surface area contributed by atoms with Crippen LogP contribution in [0.15, 0.2) is 59.6 Å². The first-order chi connectivity index (χ1) is 13.7. The topological polar surface area (TPSA) is 58.1 Å². The maximum Gasteiger partial charge on any atom is 0.191 e. The largest absolute Gasteiger partial charge is 0.492 e. The van der Waals surface area contributed by atoms with Crippen molar-refractivity contribution in [1.29, 1.82) is 0 Å². The Balaban J connectivity index is 0.00000420. The fourth-order valence-electron chi connectivity index (χ4n) is 2.45. The van der Waals surface area contributed by atoms with Crippen molar-refractivity contribution in [1.82, 2.24) is 15.5 Å². The molecule has 0 bridgehead atoms. The van der Waals surface area contributed by atoms with Gasteiger partial charge in [-0.3, -0.25) is 0 Å². The summed E-state index contributed by atoms with van der Waals surface area (Å²) in [6, 6.07) is 17.9. The summed E-state index contributed by atoms with van der Waals surface area (Å²) in [5, 5.41) is 6.56. The number of guanidine groups is 1. The lowest BCUT2D eigenvalue weighted by molar-refractivity contribution is 0.261. The van der Waals surface area contributed by atoms with Crippen LogP contribution < -0.4 is 20.1 Å². The van der Waals surface area contributed by atoms with Crippen molar-refractivity contribution in [2.45, 2.75) is 13.5 Å². The van der Waals surface area contributed by atoms with Crippen LogP contribution in [0, 0.1) is 0 Å². The standard InChI is InChI=1S/C22H32N4O2.HI/c1-4-23-22(24-13-15-27-20-10-6-5-7-11-20)25-18-19-9-8-12-21(17-19)28-16-14-26(2)3;/h5-12,17H,4,13-16,18H2,1-3H3,(H2,23,24,25);1H. The molecule has 6 nitrogen and oxygen atoms in total. The quantitative estimate of drug-likeness (QED) is 0.209. The molecular weight excluding hydrogens is 479 g/mol. The van der Waals surface area contributed by atoms with E-state index in [1.54, 1.807) is 0 Å². The number of aliphatic imine (C=N–C) groups is 1. The van der Waals surface area contributed by atoms with Crippen molar-refractivity contribution >= 4 is 29.9 Å². The molecule has 0 saturated heterocycles. The van der Waals surface area contributed by atoms with Gasteiger partial charge in [-0.05, 0) is 50.8 Å². The number of rotatable bonds is 11. The third-order valence-corrected chi connectivity index (χ3v) is 3.88. The van der Waals surface area contributed by atoms with E-state index in [0.29, 0.717) is 26.3 Å². The van der Waals surface area contributed by atoms with E-state index in [2.05, 4.69) is 33.5 Å².